The van der Waals surface area contributed by atoms with Crippen LogP contribution in [0.1, 0.15) is 33.3 Å². The summed E-state index contributed by atoms with van der Waals surface area (Å²) in [5.41, 5.74) is 0.459. The Hall–Kier alpha value is -3.17. The number of alkyl halides is 2. The average Bonchev–Trinajstić information content (AvgIpc) is 2.60. The van der Waals surface area contributed by atoms with Crippen LogP contribution in [0, 0.1) is 0 Å². The van der Waals surface area contributed by atoms with Crippen molar-refractivity contribution < 1.29 is 37.4 Å². The zero-order chi connectivity index (χ0) is 22.0. The molecule has 0 bridgehead atoms. The first kappa shape index (κ1) is 23.9. The van der Waals surface area contributed by atoms with Crippen molar-refractivity contribution in [1.82, 2.24) is 10.6 Å². The van der Waals surface area contributed by atoms with Crippen LogP contribution in [0.3, 0.4) is 0 Å². The zero-order valence-electron chi connectivity index (χ0n) is 16.5. The zero-order valence-corrected chi connectivity index (χ0v) is 16.5. The molecule has 1 aromatic carbocycles. The van der Waals surface area contributed by atoms with Crippen LogP contribution in [0.25, 0.3) is 6.08 Å². The van der Waals surface area contributed by atoms with Crippen LogP contribution in [0.2, 0.25) is 0 Å². The van der Waals surface area contributed by atoms with E-state index in [1.165, 1.54) is 31.2 Å². The maximum Gasteiger partial charge on any atom is 0.387 e. The van der Waals surface area contributed by atoms with Crippen molar-refractivity contribution in [1.29, 1.82) is 0 Å². The van der Waals surface area contributed by atoms with E-state index >= 15 is 0 Å². The monoisotopic (exact) mass is 414 g/mol. The van der Waals surface area contributed by atoms with Crippen molar-refractivity contribution in [3.63, 3.8) is 0 Å². The summed E-state index contributed by atoms with van der Waals surface area (Å²) < 4.78 is 39.4. The number of nitrogens with one attached hydrogen (secondary N) is 2. The normalized spacial score (nSPS) is 12.0. The smallest absolute Gasteiger partial charge is 0.387 e. The second kappa shape index (κ2) is 11.6. The molecular formula is C19H24F2N2O6. The fraction of sp³-hybridized carbons (Fsp3) is 0.421. The van der Waals surface area contributed by atoms with Crippen molar-refractivity contribution in [2.24, 2.45) is 0 Å². The Morgan fingerprint density at radius 1 is 1.14 bits per heavy atom. The van der Waals surface area contributed by atoms with Crippen molar-refractivity contribution in [3.8, 4) is 11.5 Å². The third-order valence-electron chi connectivity index (χ3n) is 3.21. The number of urea groups is 1. The standard InChI is InChI=1S/C19H24F2N2O6/c1-5-27-15-10-13(6-8-14(15)29-18(20)21)7-9-16(24)28-12(4)17(25)23-19(26)22-11(2)3/h6-12,18H,5H2,1-4H3,(H2,22,23,25,26)/b9-7+/t12-/m1/s1. The number of rotatable bonds is 9. The molecule has 10 heteroatoms. The Morgan fingerprint density at radius 2 is 1.83 bits per heavy atom. The molecule has 1 rings (SSSR count). The van der Waals surface area contributed by atoms with Crippen LogP contribution in [0.4, 0.5) is 13.6 Å². The van der Waals surface area contributed by atoms with Crippen molar-refractivity contribution in [2.75, 3.05) is 6.61 Å². The van der Waals surface area contributed by atoms with E-state index in [0.29, 0.717) is 5.56 Å². The Bertz CT molecular complexity index is 752. The first-order valence-electron chi connectivity index (χ1n) is 8.84. The molecule has 0 fully saturated rings. The Labute approximate surface area is 167 Å². The highest BCUT2D eigenvalue weighted by Gasteiger charge is 2.19. The van der Waals surface area contributed by atoms with Crippen LogP contribution in [-0.2, 0) is 14.3 Å². The molecule has 1 atom stereocenters. The summed E-state index contributed by atoms with van der Waals surface area (Å²) in [5.74, 6) is -1.65. The van der Waals surface area contributed by atoms with Gasteiger partial charge in [0.05, 0.1) is 6.61 Å². The molecule has 2 N–H and O–H groups in total. The number of imide groups is 1. The lowest BCUT2D eigenvalue weighted by Gasteiger charge is -2.13. The molecule has 8 nitrogen and oxygen atoms in total. The number of ether oxygens (including phenoxy) is 3. The first-order chi connectivity index (χ1) is 13.6. The van der Waals surface area contributed by atoms with E-state index in [9.17, 15) is 23.2 Å². The van der Waals surface area contributed by atoms with Gasteiger partial charge in [0.1, 0.15) is 0 Å². The minimum Gasteiger partial charge on any atom is -0.490 e. The summed E-state index contributed by atoms with van der Waals surface area (Å²) in [6.07, 6.45) is 1.20. The van der Waals surface area contributed by atoms with Gasteiger partial charge in [0.15, 0.2) is 17.6 Å². The number of benzene rings is 1. The number of halogens is 2. The Kier molecular flexibility index (Phi) is 9.57. The number of hydrogen-bond acceptors (Lipinski definition) is 6. The molecule has 0 unspecified atom stereocenters. The van der Waals surface area contributed by atoms with Crippen LogP contribution in [0.15, 0.2) is 24.3 Å². The molecule has 0 aliphatic heterocycles. The third-order valence-corrected chi connectivity index (χ3v) is 3.21. The second-order valence-electron chi connectivity index (χ2n) is 6.05. The summed E-state index contributed by atoms with van der Waals surface area (Å²) in [5, 5.41) is 4.52. The number of hydrogen-bond donors (Lipinski definition) is 2. The van der Waals surface area contributed by atoms with E-state index in [1.807, 2.05) is 0 Å². The van der Waals surface area contributed by atoms with E-state index in [4.69, 9.17) is 9.47 Å². The van der Waals surface area contributed by atoms with Crippen molar-refractivity contribution >= 4 is 24.0 Å². The maximum absolute atomic E-state index is 12.4. The predicted octanol–water partition coefficient (Wildman–Crippen LogP) is 2.87. The molecule has 0 heterocycles. The molecule has 0 saturated heterocycles. The second-order valence-corrected chi connectivity index (χ2v) is 6.05. The van der Waals surface area contributed by atoms with Crippen LogP contribution >= 0.6 is 0 Å². The lowest BCUT2D eigenvalue weighted by Crippen LogP contribution is -2.46. The molecule has 0 saturated carbocycles. The fourth-order valence-electron chi connectivity index (χ4n) is 2.03. The lowest BCUT2D eigenvalue weighted by molar-refractivity contribution is -0.149. The molecule has 0 aliphatic carbocycles. The van der Waals surface area contributed by atoms with Gasteiger partial charge in [-0.2, -0.15) is 8.78 Å². The molecule has 29 heavy (non-hydrogen) atoms. The van der Waals surface area contributed by atoms with E-state index in [0.717, 1.165) is 6.08 Å². The predicted molar refractivity (Wildman–Crippen MR) is 101 cm³/mol. The van der Waals surface area contributed by atoms with Crippen molar-refractivity contribution in [3.05, 3.63) is 29.8 Å². The van der Waals surface area contributed by atoms with E-state index in [2.05, 4.69) is 15.4 Å². The fourth-order valence-corrected chi connectivity index (χ4v) is 2.03. The van der Waals surface area contributed by atoms with Crippen molar-refractivity contribution in [2.45, 2.75) is 46.5 Å². The van der Waals surface area contributed by atoms with Gasteiger partial charge in [-0.05, 0) is 51.5 Å². The largest absolute Gasteiger partial charge is 0.490 e. The number of amides is 3. The summed E-state index contributed by atoms with van der Waals surface area (Å²) in [6.45, 7) is 3.67. The summed E-state index contributed by atoms with van der Waals surface area (Å²) in [4.78, 5) is 35.2. The van der Waals surface area contributed by atoms with E-state index in [-0.39, 0.29) is 24.1 Å². The molecule has 160 valence electrons. The quantitative estimate of drug-likeness (QED) is 0.476. The van der Waals surface area contributed by atoms with Gasteiger partial charge in [-0.1, -0.05) is 6.07 Å². The Balaban J connectivity index is 2.70. The molecule has 0 aliphatic rings. The highest BCUT2D eigenvalue weighted by atomic mass is 19.3. The molecular weight excluding hydrogens is 390 g/mol. The highest BCUT2D eigenvalue weighted by molar-refractivity contribution is 5.98. The average molecular weight is 414 g/mol. The topological polar surface area (TPSA) is 103 Å². The first-order valence-corrected chi connectivity index (χ1v) is 8.84. The molecule has 0 spiro atoms. The van der Waals surface area contributed by atoms with Gasteiger partial charge < -0.3 is 19.5 Å². The summed E-state index contributed by atoms with van der Waals surface area (Å²) in [7, 11) is 0. The van der Waals surface area contributed by atoms with Crippen LogP contribution in [-0.4, -0.2) is 43.3 Å². The number of esters is 1. The van der Waals surface area contributed by atoms with Gasteiger partial charge in [0, 0.05) is 12.1 Å². The van der Waals surface area contributed by atoms with Gasteiger partial charge in [-0.25, -0.2) is 9.59 Å². The number of carbonyl (C=O) groups is 3. The third kappa shape index (κ3) is 9.04. The minimum atomic E-state index is -3.00. The van der Waals surface area contributed by atoms with Crippen LogP contribution < -0.4 is 20.1 Å². The van der Waals surface area contributed by atoms with E-state index in [1.54, 1.807) is 20.8 Å². The highest BCUT2D eigenvalue weighted by Crippen LogP contribution is 2.30. The summed E-state index contributed by atoms with van der Waals surface area (Å²) >= 11 is 0. The minimum absolute atomic E-state index is 0.0900. The van der Waals surface area contributed by atoms with Gasteiger partial charge in [0.25, 0.3) is 5.91 Å². The maximum atomic E-state index is 12.4. The molecule has 0 radical (unpaired) electrons. The SMILES string of the molecule is CCOc1cc(/C=C/C(=O)O[C@H](C)C(=O)NC(=O)NC(C)C)ccc1OC(F)F. The Morgan fingerprint density at radius 3 is 2.41 bits per heavy atom. The van der Waals surface area contributed by atoms with Gasteiger partial charge >= 0.3 is 18.6 Å². The number of carbonyl (C=O) groups excluding carboxylic acids is 3. The summed E-state index contributed by atoms with van der Waals surface area (Å²) in [6, 6.07) is 3.28. The molecule has 1 aromatic rings. The molecule has 3 amide bonds. The molecule has 0 aromatic heterocycles. The van der Waals surface area contributed by atoms with Gasteiger partial charge in [-0.3, -0.25) is 10.1 Å². The van der Waals surface area contributed by atoms with Gasteiger partial charge in [0.2, 0.25) is 0 Å². The van der Waals surface area contributed by atoms with Gasteiger partial charge in [-0.15, -0.1) is 0 Å². The van der Waals surface area contributed by atoms with Crippen LogP contribution in [0.5, 0.6) is 11.5 Å². The van der Waals surface area contributed by atoms with E-state index < -0.39 is 30.6 Å². The lowest BCUT2D eigenvalue weighted by atomic mass is 10.2.